The Labute approximate surface area is 273 Å². The fraction of sp³-hybridized carbons (Fsp3) is 0.345. The highest BCUT2D eigenvalue weighted by Crippen LogP contribution is 2.38. The summed E-state index contributed by atoms with van der Waals surface area (Å²) in [6, 6.07) is 7.66. The third-order valence-electron chi connectivity index (χ3n) is 6.65. The molecule has 4 rings (SSSR count). The van der Waals surface area contributed by atoms with Crippen molar-refractivity contribution in [3.63, 3.8) is 0 Å². The minimum atomic E-state index is -4.29. The number of hydrogen-bond acceptors (Lipinski definition) is 9. The van der Waals surface area contributed by atoms with E-state index in [4.69, 9.17) is 37.4 Å². The highest BCUT2D eigenvalue weighted by molar-refractivity contribution is 7.89. The van der Waals surface area contributed by atoms with Crippen molar-refractivity contribution in [1.29, 1.82) is 0 Å². The van der Waals surface area contributed by atoms with E-state index in [0.29, 0.717) is 4.73 Å². The number of pyridine rings is 1. The van der Waals surface area contributed by atoms with Gasteiger partial charge in [-0.25, -0.2) is 8.42 Å². The van der Waals surface area contributed by atoms with Gasteiger partial charge in [-0.05, 0) is 54.7 Å². The van der Waals surface area contributed by atoms with Crippen LogP contribution in [0, 0.1) is 11.1 Å². The first-order valence-electron chi connectivity index (χ1n) is 13.7. The van der Waals surface area contributed by atoms with Crippen LogP contribution in [0.3, 0.4) is 0 Å². The second-order valence-electron chi connectivity index (χ2n) is 10.2. The number of anilines is 1. The van der Waals surface area contributed by atoms with E-state index in [1.165, 1.54) is 44.4 Å². The number of hydrogen-bond donors (Lipinski definition) is 2. The Morgan fingerprint density at radius 2 is 1.74 bits per heavy atom. The summed E-state index contributed by atoms with van der Waals surface area (Å²) < 4.78 is 75.9. The minimum Gasteiger partial charge on any atom is -0.619 e. The summed E-state index contributed by atoms with van der Waals surface area (Å²) in [5.74, 6) is -1.27. The first-order valence-corrected chi connectivity index (χ1v) is 15.9. The number of nitrogens with zero attached hydrogens (tertiary/aromatic N) is 1. The van der Waals surface area contributed by atoms with Crippen molar-refractivity contribution in [2.75, 3.05) is 25.6 Å². The van der Waals surface area contributed by atoms with E-state index in [9.17, 15) is 32.0 Å². The Kier molecular flexibility index (Phi) is 11.5. The number of ether oxygens (including phenoxy) is 4. The van der Waals surface area contributed by atoms with Gasteiger partial charge >= 0.3 is 12.6 Å². The standard InChI is InChI=1S/C29H29Cl2F2N3O9S/c1-16(37)35-23-10-19(6-8-24(23)42-2)46(40,41)34-12-28(38)44-26(11-20-21(30)13-36(39)14-22(20)31)18-5-7-25(45-29(32)33)27(9-18)43-15-17-3-4-17/h5-10,13-14,17,26,29,34H,3-4,11-12,15H2,1-2H3,(H,35,37). The highest BCUT2D eigenvalue weighted by atomic mass is 35.5. The van der Waals surface area contributed by atoms with E-state index >= 15 is 0 Å². The lowest BCUT2D eigenvalue weighted by Gasteiger charge is -2.21. The van der Waals surface area contributed by atoms with E-state index in [1.54, 1.807) is 0 Å². The maximum absolute atomic E-state index is 13.1. The second kappa shape index (κ2) is 15.1. The molecular weight excluding hydrogens is 675 g/mol. The molecule has 3 aromatic rings. The normalized spacial score (nSPS) is 13.6. The maximum atomic E-state index is 13.1. The molecule has 1 aliphatic carbocycles. The van der Waals surface area contributed by atoms with Crippen LogP contribution < -0.4 is 29.0 Å². The molecule has 2 aromatic carbocycles. The zero-order valence-electron chi connectivity index (χ0n) is 24.4. The van der Waals surface area contributed by atoms with Crippen molar-refractivity contribution in [1.82, 2.24) is 4.72 Å². The molecule has 0 aliphatic heterocycles. The van der Waals surface area contributed by atoms with E-state index in [1.807, 2.05) is 0 Å². The van der Waals surface area contributed by atoms with Crippen molar-refractivity contribution in [3.8, 4) is 17.2 Å². The number of esters is 1. The molecule has 0 saturated heterocycles. The summed E-state index contributed by atoms with van der Waals surface area (Å²) in [5.41, 5.74) is 0.575. The van der Waals surface area contributed by atoms with E-state index in [2.05, 4.69) is 14.8 Å². The van der Waals surface area contributed by atoms with Crippen LogP contribution in [0.5, 0.6) is 17.2 Å². The second-order valence-corrected chi connectivity index (χ2v) is 12.8. The molecule has 1 fully saturated rings. The number of alkyl halides is 2. The van der Waals surface area contributed by atoms with Crippen LogP contribution in [0.1, 0.15) is 37.0 Å². The van der Waals surface area contributed by atoms with E-state index in [-0.39, 0.29) is 67.9 Å². The third kappa shape index (κ3) is 9.55. The largest absolute Gasteiger partial charge is 0.619 e. The van der Waals surface area contributed by atoms with Gasteiger partial charge in [-0.15, -0.1) is 0 Å². The lowest BCUT2D eigenvalue weighted by atomic mass is 10.0. The summed E-state index contributed by atoms with van der Waals surface area (Å²) in [7, 11) is -2.95. The van der Waals surface area contributed by atoms with Crippen molar-refractivity contribution in [2.24, 2.45) is 5.92 Å². The fourth-order valence-electron chi connectivity index (χ4n) is 4.24. The quantitative estimate of drug-likeness (QED) is 0.129. The van der Waals surface area contributed by atoms with Gasteiger partial charge in [0.25, 0.3) is 0 Å². The lowest BCUT2D eigenvalue weighted by Crippen LogP contribution is -2.32. The molecule has 12 nitrogen and oxygen atoms in total. The number of aromatic nitrogens is 1. The van der Waals surface area contributed by atoms with Crippen molar-refractivity contribution in [3.05, 3.63) is 75.2 Å². The number of nitrogens with one attached hydrogen (secondary N) is 2. The van der Waals surface area contributed by atoms with Gasteiger partial charge in [0.1, 0.15) is 28.4 Å². The monoisotopic (exact) mass is 703 g/mol. The average Bonchev–Trinajstić information content (AvgIpc) is 3.81. The molecule has 0 bridgehead atoms. The Balaban J connectivity index is 1.59. The zero-order chi connectivity index (χ0) is 33.6. The van der Waals surface area contributed by atoms with E-state index in [0.717, 1.165) is 31.3 Å². The molecule has 1 heterocycles. The van der Waals surface area contributed by atoms with Crippen molar-refractivity contribution >= 4 is 50.8 Å². The van der Waals surface area contributed by atoms with Gasteiger partial charge in [-0.3, -0.25) is 9.59 Å². The molecule has 17 heteroatoms. The molecule has 2 N–H and O–H groups in total. The fourth-order valence-corrected chi connectivity index (χ4v) is 5.83. The summed E-state index contributed by atoms with van der Waals surface area (Å²) in [5, 5.41) is 14.2. The number of carbonyl (C=O) groups is 2. The molecule has 0 spiro atoms. The van der Waals surface area contributed by atoms with Crippen LogP contribution in [0.2, 0.25) is 10.0 Å². The molecule has 0 radical (unpaired) electrons. The smallest absolute Gasteiger partial charge is 0.387 e. The molecule has 1 unspecified atom stereocenters. The maximum Gasteiger partial charge on any atom is 0.387 e. The van der Waals surface area contributed by atoms with Crippen molar-refractivity contribution < 1.29 is 50.5 Å². The predicted molar refractivity (Wildman–Crippen MR) is 162 cm³/mol. The van der Waals surface area contributed by atoms with Gasteiger partial charge in [-0.2, -0.15) is 18.2 Å². The number of halogens is 4. The van der Waals surface area contributed by atoms with Gasteiger partial charge in [-0.1, -0.05) is 29.3 Å². The minimum absolute atomic E-state index is 0.0245. The number of sulfonamides is 1. The van der Waals surface area contributed by atoms with Crippen LogP contribution >= 0.6 is 23.2 Å². The first kappa shape index (κ1) is 34.9. The van der Waals surface area contributed by atoms with E-state index < -0.39 is 41.2 Å². The summed E-state index contributed by atoms with van der Waals surface area (Å²) in [6.45, 7) is -2.46. The van der Waals surface area contributed by atoms with Gasteiger partial charge in [0, 0.05) is 18.9 Å². The van der Waals surface area contributed by atoms with Crippen LogP contribution in [0.15, 0.2) is 53.7 Å². The molecular formula is C29H29Cl2F2N3O9S. The Bertz CT molecular complexity index is 1690. The Morgan fingerprint density at radius 3 is 2.35 bits per heavy atom. The third-order valence-corrected chi connectivity index (χ3v) is 8.70. The summed E-state index contributed by atoms with van der Waals surface area (Å²) in [6.07, 6.45) is 2.55. The van der Waals surface area contributed by atoms with Crippen molar-refractivity contribution in [2.45, 2.75) is 43.8 Å². The molecule has 1 atom stereocenters. The summed E-state index contributed by atoms with van der Waals surface area (Å²) in [4.78, 5) is 24.3. The lowest BCUT2D eigenvalue weighted by molar-refractivity contribution is -0.605. The number of amides is 1. The molecule has 1 aliphatic rings. The van der Waals surface area contributed by atoms with Gasteiger partial charge in [0.05, 0.1) is 24.3 Å². The van der Waals surface area contributed by atoms with Gasteiger partial charge in [0.2, 0.25) is 15.9 Å². The average molecular weight is 705 g/mol. The SMILES string of the molecule is COc1ccc(S(=O)(=O)NCC(=O)OC(Cc2c(Cl)c[n+]([O-])cc2Cl)c2ccc(OC(F)F)c(OCC3CC3)c2)cc1NC(C)=O. The van der Waals surface area contributed by atoms with Gasteiger partial charge in [0.15, 0.2) is 23.9 Å². The van der Waals surface area contributed by atoms with Crippen LogP contribution in [0.4, 0.5) is 14.5 Å². The van der Waals surface area contributed by atoms with Gasteiger partial charge < -0.3 is 29.5 Å². The number of rotatable bonds is 15. The number of benzene rings is 2. The first-order chi connectivity index (χ1) is 21.7. The topological polar surface area (TPSA) is 156 Å². The number of carbonyl (C=O) groups excluding carboxylic acids is 2. The number of methoxy groups -OCH3 is 1. The van der Waals surface area contributed by atoms with Crippen LogP contribution in [-0.4, -0.2) is 47.2 Å². The Hall–Kier alpha value is -3.92. The molecule has 1 aromatic heterocycles. The molecule has 1 saturated carbocycles. The summed E-state index contributed by atoms with van der Waals surface area (Å²) >= 11 is 12.5. The zero-order valence-corrected chi connectivity index (χ0v) is 26.8. The van der Waals surface area contributed by atoms with Crippen LogP contribution in [0.25, 0.3) is 0 Å². The van der Waals surface area contributed by atoms with Crippen LogP contribution in [-0.2, 0) is 30.8 Å². The molecule has 46 heavy (non-hydrogen) atoms. The predicted octanol–water partition coefficient (Wildman–Crippen LogP) is 4.79. The highest BCUT2D eigenvalue weighted by Gasteiger charge is 2.27. The molecule has 1 amide bonds. The molecule has 248 valence electrons. The Morgan fingerprint density at radius 1 is 1.07 bits per heavy atom.